The molecule has 2 N–H and O–H groups in total. The van der Waals surface area contributed by atoms with Crippen LogP contribution in [0, 0.1) is 6.92 Å². The lowest BCUT2D eigenvalue weighted by Gasteiger charge is -1.87. The van der Waals surface area contributed by atoms with E-state index in [4.69, 9.17) is 9.63 Å². The van der Waals surface area contributed by atoms with Crippen molar-refractivity contribution in [1.29, 1.82) is 0 Å². The van der Waals surface area contributed by atoms with Crippen LogP contribution in [-0.2, 0) is 0 Å². The van der Waals surface area contributed by atoms with Gasteiger partial charge in [-0.1, -0.05) is 0 Å². The number of aromatic carboxylic acids is 1. The maximum Gasteiger partial charge on any atom is 0.377 e. The fourth-order valence-corrected chi connectivity index (χ4v) is 0.975. The number of aromatic nitrogens is 4. The molecule has 7 heteroatoms. The molecule has 0 fully saturated rings. The number of hydrogen-bond donors (Lipinski definition) is 2. The van der Waals surface area contributed by atoms with Crippen molar-refractivity contribution in [3.8, 4) is 11.6 Å². The van der Waals surface area contributed by atoms with Crippen LogP contribution in [0.3, 0.4) is 0 Å². The van der Waals surface area contributed by atoms with E-state index in [2.05, 4.69) is 20.3 Å². The zero-order valence-corrected chi connectivity index (χ0v) is 7.18. The Morgan fingerprint density at radius 2 is 2.43 bits per heavy atom. The number of nitrogens with zero attached hydrogens (tertiary/aromatic N) is 3. The van der Waals surface area contributed by atoms with Gasteiger partial charge in [-0.25, -0.2) is 4.79 Å². The molecule has 0 unspecified atom stereocenters. The molecule has 72 valence electrons. The second-order valence-electron chi connectivity index (χ2n) is 2.66. The second kappa shape index (κ2) is 2.95. The third kappa shape index (κ3) is 1.24. The minimum atomic E-state index is -1.22. The molecule has 0 saturated heterocycles. The first-order valence-corrected chi connectivity index (χ1v) is 3.76. The van der Waals surface area contributed by atoms with Crippen LogP contribution in [0.25, 0.3) is 11.6 Å². The van der Waals surface area contributed by atoms with Gasteiger partial charge in [-0.15, -0.1) is 0 Å². The third-order valence-corrected chi connectivity index (χ3v) is 1.66. The van der Waals surface area contributed by atoms with Crippen molar-refractivity contribution in [3.05, 3.63) is 17.6 Å². The average molecular weight is 194 g/mol. The minimum Gasteiger partial charge on any atom is -0.475 e. The lowest BCUT2D eigenvalue weighted by molar-refractivity contribution is 0.0680. The Kier molecular flexibility index (Phi) is 1.77. The predicted octanol–water partition coefficient (Wildman–Crippen LogP) is 0.466. The summed E-state index contributed by atoms with van der Waals surface area (Å²) in [7, 11) is 0. The Balaban J connectivity index is 2.43. The molecule has 0 radical (unpaired) electrons. The van der Waals surface area contributed by atoms with Crippen LogP contribution in [0.1, 0.15) is 16.2 Å². The standard InChI is InChI=1S/C7H6N4O3/c1-3-2-8-10-4(3)6-9-5(7(12)13)11-14-6/h2H,1H3,(H,8,10)(H,12,13). The fraction of sp³-hybridized carbons (Fsp3) is 0.143. The first kappa shape index (κ1) is 8.42. The van der Waals surface area contributed by atoms with Gasteiger partial charge in [0.25, 0.3) is 11.7 Å². The number of carbonyl (C=O) groups is 1. The van der Waals surface area contributed by atoms with Crippen LogP contribution < -0.4 is 0 Å². The molecular weight excluding hydrogens is 188 g/mol. The van der Waals surface area contributed by atoms with E-state index in [1.54, 1.807) is 13.1 Å². The maximum atomic E-state index is 10.5. The summed E-state index contributed by atoms with van der Waals surface area (Å²) in [5, 5.41) is 18.2. The first-order chi connectivity index (χ1) is 6.68. The van der Waals surface area contributed by atoms with Gasteiger partial charge in [0.2, 0.25) is 0 Å². The fourth-order valence-electron chi connectivity index (χ4n) is 0.975. The number of hydrogen-bond acceptors (Lipinski definition) is 5. The van der Waals surface area contributed by atoms with E-state index < -0.39 is 5.97 Å². The van der Waals surface area contributed by atoms with Crippen LogP contribution in [0.5, 0.6) is 0 Å². The van der Waals surface area contributed by atoms with Gasteiger partial charge in [-0.3, -0.25) is 5.10 Å². The molecule has 0 bridgehead atoms. The van der Waals surface area contributed by atoms with Gasteiger partial charge in [-0.2, -0.15) is 10.1 Å². The summed E-state index contributed by atoms with van der Waals surface area (Å²) in [5.41, 5.74) is 1.34. The van der Waals surface area contributed by atoms with Gasteiger partial charge in [0, 0.05) is 0 Å². The number of aryl methyl sites for hydroxylation is 1. The highest BCUT2D eigenvalue weighted by Gasteiger charge is 2.16. The SMILES string of the molecule is Cc1cn[nH]c1-c1nc(C(=O)O)no1. The Labute approximate surface area is 77.8 Å². The van der Waals surface area contributed by atoms with Crippen LogP contribution >= 0.6 is 0 Å². The molecule has 0 atom stereocenters. The molecule has 2 aromatic heterocycles. The summed E-state index contributed by atoms with van der Waals surface area (Å²) >= 11 is 0. The smallest absolute Gasteiger partial charge is 0.377 e. The number of rotatable bonds is 2. The predicted molar refractivity (Wildman–Crippen MR) is 43.6 cm³/mol. The molecule has 0 saturated carbocycles. The van der Waals surface area contributed by atoms with E-state index in [1.165, 1.54) is 0 Å². The van der Waals surface area contributed by atoms with Crippen molar-refractivity contribution in [2.75, 3.05) is 0 Å². The highest BCUT2D eigenvalue weighted by atomic mass is 16.5. The van der Waals surface area contributed by atoms with Crippen molar-refractivity contribution in [2.45, 2.75) is 6.92 Å². The number of carboxylic acids is 1. The van der Waals surface area contributed by atoms with Gasteiger partial charge in [0.05, 0.1) is 6.20 Å². The highest BCUT2D eigenvalue weighted by Crippen LogP contribution is 2.17. The van der Waals surface area contributed by atoms with Gasteiger partial charge < -0.3 is 9.63 Å². The Hall–Kier alpha value is -2.18. The topological polar surface area (TPSA) is 105 Å². The van der Waals surface area contributed by atoms with E-state index in [9.17, 15) is 4.79 Å². The van der Waals surface area contributed by atoms with Gasteiger partial charge >= 0.3 is 5.97 Å². The lowest BCUT2D eigenvalue weighted by atomic mass is 10.3. The number of nitrogens with one attached hydrogen (secondary N) is 1. The normalized spacial score (nSPS) is 10.4. The number of aromatic amines is 1. The molecule has 0 aliphatic carbocycles. The molecule has 2 aromatic rings. The highest BCUT2D eigenvalue weighted by molar-refractivity contribution is 5.83. The summed E-state index contributed by atoms with van der Waals surface area (Å²) in [6, 6.07) is 0. The Bertz CT molecular complexity index is 473. The summed E-state index contributed by atoms with van der Waals surface area (Å²) in [4.78, 5) is 14.1. The van der Waals surface area contributed by atoms with Crippen molar-refractivity contribution in [2.24, 2.45) is 0 Å². The number of carboxylic acid groups (broad SMARTS) is 1. The zero-order chi connectivity index (χ0) is 10.1. The van der Waals surface area contributed by atoms with E-state index in [1.807, 2.05) is 0 Å². The largest absolute Gasteiger partial charge is 0.475 e. The molecule has 0 aliphatic heterocycles. The van der Waals surface area contributed by atoms with E-state index >= 15 is 0 Å². The molecule has 7 nitrogen and oxygen atoms in total. The van der Waals surface area contributed by atoms with E-state index in [0.29, 0.717) is 5.69 Å². The molecule has 2 rings (SSSR count). The quantitative estimate of drug-likeness (QED) is 0.719. The van der Waals surface area contributed by atoms with Gasteiger partial charge in [-0.05, 0) is 17.6 Å². The van der Waals surface area contributed by atoms with Crippen LogP contribution in [-0.4, -0.2) is 31.4 Å². The maximum absolute atomic E-state index is 10.5. The third-order valence-electron chi connectivity index (χ3n) is 1.66. The molecule has 0 aliphatic rings. The van der Waals surface area contributed by atoms with E-state index in [0.717, 1.165) is 5.56 Å². The Morgan fingerprint density at radius 3 is 2.93 bits per heavy atom. The van der Waals surface area contributed by atoms with Crippen LogP contribution in [0.4, 0.5) is 0 Å². The van der Waals surface area contributed by atoms with Gasteiger partial charge in [0.15, 0.2) is 0 Å². The van der Waals surface area contributed by atoms with Crippen molar-refractivity contribution < 1.29 is 14.4 Å². The summed E-state index contributed by atoms with van der Waals surface area (Å²) in [5.74, 6) is -1.47. The molecule has 0 spiro atoms. The molecule has 2 heterocycles. The summed E-state index contributed by atoms with van der Waals surface area (Å²) in [6.07, 6.45) is 1.58. The second-order valence-corrected chi connectivity index (χ2v) is 2.66. The van der Waals surface area contributed by atoms with Crippen molar-refractivity contribution in [3.63, 3.8) is 0 Å². The van der Waals surface area contributed by atoms with Gasteiger partial charge in [0.1, 0.15) is 5.69 Å². The van der Waals surface area contributed by atoms with Crippen LogP contribution in [0.15, 0.2) is 10.7 Å². The summed E-state index contributed by atoms with van der Waals surface area (Å²) < 4.78 is 4.74. The lowest BCUT2D eigenvalue weighted by Crippen LogP contribution is -1.98. The van der Waals surface area contributed by atoms with Crippen molar-refractivity contribution >= 4 is 5.97 Å². The minimum absolute atomic E-state index is 0.123. The zero-order valence-electron chi connectivity index (χ0n) is 7.18. The molecule has 14 heavy (non-hydrogen) atoms. The van der Waals surface area contributed by atoms with E-state index in [-0.39, 0.29) is 11.7 Å². The molecule has 0 aromatic carbocycles. The summed E-state index contributed by atoms with van der Waals surface area (Å²) in [6.45, 7) is 1.80. The molecular formula is C7H6N4O3. The molecule has 0 amide bonds. The average Bonchev–Trinajstić information content (AvgIpc) is 2.71. The Morgan fingerprint density at radius 1 is 1.64 bits per heavy atom. The van der Waals surface area contributed by atoms with Crippen molar-refractivity contribution in [1.82, 2.24) is 20.3 Å². The first-order valence-electron chi connectivity index (χ1n) is 3.76. The number of H-pyrrole nitrogens is 1. The monoisotopic (exact) mass is 194 g/mol. The van der Waals surface area contributed by atoms with Crippen LogP contribution in [0.2, 0.25) is 0 Å².